The molecule has 0 N–H and O–H groups in total. The lowest BCUT2D eigenvalue weighted by atomic mass is 9.93. The molecule has 0 aromatic rings. The van der Waals surface area contributed by atoms with E-state index in [1.165, 1.54) is 44.9 Å². The monoisotopic (exact) mass is 286 g/mol. The van der Waals surface area contributed by atoms with Crippen molar-refractivity contribution in [2.75, 3.05) is 0 Å². The van der Waals surface area contributed by atoms with Crippen LogP contribution < -0.4 is 0 Å². The summed E-state index contributed by atoms with van der Waals surface area (Å²) in [7, 11) is -0.154. The first-order valence-corrected chi connectivity index (χ1v) is 10.0. The summed E-state index contributed by atoms with van der Waals surface area (Å²) in [6.07, 6.45) is 26.1. The molecular weight excluding hydrogens is 256 g/mol. The van der Waals surface area contributed by atoms with Gasteiger partial charge < -0.3 is 0 Å². The average molecular weight is 287 g/mol. The molecular formula is C19H30Si. The maximum absolute atomic E-state index is 2.56. The molecule has 0 aromatic carbocycles. The van der Waals surface area contributed by atoms with Crippen LogP contribution in [0, 0.1) is 0 Å². The molecule has 0 saturated carbocycles. The predicted molar refractivity (Wildman–Crippen MR) is 94.2 cm³/mol. The molecule has 0 heterocycles. The first kappa shape index (κ1) is 15.6. The Morgan fingerprint density at radius 1 is 1.15 bits per heavy atom. The molecule has 0 aliphatic heterocycles. The van der Waals surface area contributed by atoms with E-state index in [1.54, 1.807) is 5.57 Å². The summed E-state index contributed by atoms with van der Waals surface area (Å²) in [5.74, 6) is 0. The fourth-order valence-electron chi connectivity index (χ4n) is 3.63. The van der Waals surface area contributed by atoms with Crippen molar-refractivity contribution < 1.29 is 0 Å². The minimum atomic E-state index is -0.154. The standard InChI is InChI=1S/C19H30Si/c1-3-5-7-14-19(15-8-6-9-16-19)20-18-13-10-12-17(18)11-4-2/h6,8-10,12-13,15,18H,3-5,7,11,14,16,20H2,1-2H3. The summed E-state index contributed by atoms with van der Waals surface area (Å²) in [5.41, 5.74) is 2.55. The van der Waals surface area contributed by atoms with Crippen molar-refractivity contribution in [2.24, 2.45) is 0 Å². The quantitative estimate of drug-likeness (QED) is 0.408. The third kappa shape index (κ3) is 4.08. The number of rotatable bonds is 8. The Morgan fingerprint density at radius 2 is 2.05 bits per heavy atom. The van der Waals surface area contributed by atoms with Gasteiger partial charge in [-0.2, -0.15) is 0 Å². The van der Waals surface area contributed by atoms with Crippen LogP contribution in [0.1, 0.15) is 58.8 Å². The predicted octanol–water partition coefficient (Wildman–Crippen LogP) is 5.50. The topological polar surface area (TPSA) is 0 Å². The van der Waals surface area contributed by atoms with E-state index < -0.39 is 0 Å². The fraction of sp³-hybridized carbons (Fsp3) is 0.579. The summed E-state index contributed by atoms with van der Waals surface area (Å²) in [4.78, 5) is 0. The molecule has 2 unspecified atom stereocenters. The molecule has 0 amide bonds. The molecule has 2 rings (SSSR count). The Labute approximate surface area is 127 Å². The zero-order chi connectivity index (χ0) is 14.3. The van der Waals surface area contributed by atoms with Gasteiger partial charge in [-0.25, -0.2) is 0 Å². The SMILES string of the molecule is CCCCCC1([SiH2]C2C=CC=C2CCC)C=CC=CC1. The van der Waals surface area contributed by atoms with Crippen LogP contribution in [-0.2, 0) is 0 Å². The maximum atomic E-state index is 2.56. The number of allylic oxidation sites excluding steroid dienone is 8. The maximum Gasteiger partial charge on any atom is 0.0450 e. The molecule has 0 fully saturated rings. The summed E-state index contributed by atoms with van der Waals surface area (Å²) in [6.45, 7) is 4.61. The number of hydrogen-bond donors (Lipinski definition) is 0. The number of hydrogen-bond acceptors (Lipinski definition) is 0. The molecule has 0 nitrogen and oxygen atoms in total. The largest absolute Gasteiger partial charge is 0.0840 e. The van der Waals surface area contributed by atoms with Crippen molar-refractivity contribution >= 4 is 9.52 Å². The molecule has 0 radical (unpaired) electrons. The fourth-order valence-corrected chi connectivity index (χ4v) is 6.46. The molecule has 1 heteroatoms. The molecule has 110 valence electrons. The third-order valence-electron chi connectivity index (χ3n) is 4.79. The van der Waals surface area contributed by atoms with E-state index in [2.05, 4.69) is 56.4 Å². The lowest BCUT2D eigenvalue weighted by molar-refractivity contribution is 0.551. The summed E-state index contributed by atoms with van der Waals surface area (Å²) >= 11 is 0. The smallest absolute Gasteiger partial charge is 0.0450 e. The van der Waals surface area contributed by atoms with Gasteiger partial charge in [0, 0.05) is 9.52 Å². The van der Waals surface area contributed by atoms with Crippen LogP contribution in [0.2, 0.25) is 10.6 Å². The molecule has 2 aliphatic carbocycles. The van der Waals surface area contributed by atoms with Crippen molar-refractivity contribution in [3.8, 4) is 0 Å². The second-order valence-corrected chi connectivity index (χ2v) is 9.19. The van der Waals surface area contributed by atoms with Gasteiger partial charge in [0.2, 0.25) is 0 Å². The molecule has 20 heavy (non-hydrogen) atoms. The summed E-state index contributed by atoms with van der Waals surface area (Å²) in [6, 6.07) is 0. The van der Waals surface area contributed by atoms with Gasteiger partial charge >= 0.3 is 0 Å². The van der Waals surface area contributed by atoms with Crippen LogP contribution in [0.5, 0.6) is 0 Å². The van der Waals surface area contributed by atoms with E-state index in [1.807, 2.05) is 0 Å². The normalized spacial score (nSPS) is 28.7. The molecule has 0 aromatic heterocycles. The van der Waals surface area contributed by atoms with Crippen LogP contribution in [0.4, 0.5) is 0 Å². The van der Waals surface area contributed by atoms with E-state index in [9.17, 15) is 0 Å². The zero-order valence-corrected chi connectivity index (χ0v) is 14.7. The van der Waals surface area contributed by atoms with Gasteiger partial charge in [-0.3, -0.25) is 0 Å². The first-order valence-electron chi connectivity index (χ1n) is 8.51. The van der Waals surface area contributed by atoms with Crippen molar-refractivity contribution in [3.63, 3.8) is 0 Å². The van der Waals surface area contributed by atoms with Crippen molar-refractivity contribution in [2.45, 2.75) is 69.4 Å². The van der Waals surface area contributed by atoms with Gasteiger partial charge in [0.05, 0.1) is 0 Å². The van der Waals surface area contributed by atoms with Crippen molar-refractivity contribution in [1.82, 2.24) is 0 Å². The minimum absolute atomic E-state index is 0.154. The average Bonchev–Trinajstić information content (AvgIpc) is 2.88. The molecule has 0 spiro atoms. The lowest BCUT2D eigenvalue weighted by Gasteiger charge is -2.34. The summed E-state index contributed by atoms with van der Waals surface area (Å²) in [5, 5.41) is 0.552. The highest BCUT2D eigenvalue weighted by Crippen LogP contribution is 2.45. The number of unbranched alkanes of at least 4 members (excludes halogenated alkanes) is 2. The van der Waals surface area contributed by atoms with E-state index in [-0.39, 0.29) is 9.52 Å². The first-order chi connectivity index (χ1) is 9.79. The van der Waals surface area contributed by atoms with Crippen LogP contribution in [0.3, 0.4) is 0 Å². The van der Waals surface area contributed by atoms with Gasteiger partial charge in [0.1, 0.15) is 0 Å². The lowest BCUT2D eigenvalue weighted by Crippen LogP contribution is -2.23. The second kappa shape index (κ2) is 7.83. The summed E-state index contributed by atoms with van der Waals surface area (Å²) < 4.78 is 0. The van der Waals surface area contributed by atoms with Gasteiger partial charge in [-0.15, -0.1) is 0 Å². The Kier molecular flexibility index (Phi) is 6.09. The molecule has 2 atom stereocenters. The van der Waals surface area contributed by atoms with Gasteiger partial charge in [-0.1, -0.05) is 87.6 Å². The molecule has 2 aliphatic rings. The second-order valence-electron chi connectivity index (χ2n) is 6.50. The van der Waals surface area contributed by atoms with Gasteiger partial charge in [-0.05, 0) is 29.8 Å². The Hall–Kier alpha value is -0.823. The highest BCUT2D eigenvalue weighted by molar-refractivity contribution is 6.45. The Morgan fingerprint density at radius 3 is 2.75 bits per heavy atom. The highest BCUT2D eigenvalue weighted by atomic mass is 28.2. The van der Waals surface area contributed by atoms with E-state index >= 15 is 0 Å². The molecule has 0 saturated heterocycles. The van der Waals surface area contributed by atoms with Crippen molar-refractivity contribution in [3.05, 3.63) is 48.1 Å². The zero-order valence-electron chi connectivity index (χ0n) is 13.3. The highest BCUT2D eigenvalue weighted by Gasteiger charge is 2.31. The van der Waals surface area contributed by atoms with Crippen molar-refractivity contribution in [1.29, 1.82) is 0 Å². The van der Waals surface area contributed by atoms with E-state index in [0.29, 0.717) is 5.04 Å². The van der Waals surface area contributed by atoms with Crippen LogP contribution in [-0.4, -0.2) is 9.52 Å². The molecule has 0 bridgehead atoms. The third-order valence-corrected chi connectivity index (χ3v) is 7.72. The van der Waals surface area contributed by atoms with E-state index in [0.717, 1.165) is 5.54 Å². The van der Waals surface area contributed by atoms with Crippen LogP contribution in [0.25, 0.3) is 0 Å². The Bertz CT molecular complexity index is 413. The van der Waals surface area contributed by atoms with Crippen LogP contribution in [0.15, 0.2) is 48.1 Å². The van der Waals surface area contributed by atoms with Gasteiger partial charge in [0.15, 0.2) is 0 Å². The van der Waals surface area contributed by atoms with E-state index in [4.69, 9.17) is 0 Å². The van der Waals surface area contributed by atoms with Crippen LogP contribution >= 0.6 is 0 Å². The Balaban J connectivity index is 2.01. The van der Waals surface area contributed by atoms with Gasteiger partial charge in [0.25, 0.3) is 0 Å². The minimum Gasteiger partial charge on any atom is -0.0840 e.